The summed E-state index contributed by atoms with van der Waals surface area (Å²) < 4.78 is 46.3. The molecule has 0 bridgehead atoms. The van der Waals surface area contributed by atoms with Crippen LogP contribution < -0.4 is 4.74 Å². The molecule has 0 aliphatic carbocycles. The summed E-state index contributed by atoms with van der Waals surface area (Å²) in [6, 6.07) is 6.28. The van der Waals surface area contributed by atoms with Crippen LogP contribution in [0.3, 0.4) is 0 Å². The van der Waals surface area contributed by atoms with Crippen molar-refractivity contribution in [2.24, 2.45) is 0 Å². The zero-order chi connectivity index (χ0) is 25.6. The van der Waals surface area contributed by atoms with Crippen molar-refractivity contribution in [2.75, 3.05) is 19.0 Å². The van der Waals surface area contributed by atoms with Crippen molar-refractivity contribution in [1.82, 2.24) is 0 Å². The Morgan fingerprint density at radius 1 is 1.03 bits per heavy atom. The number of nitro benzene ring substituents is 1. The molecule has 0 saturated carbocycles. The van der Waals surface area contributed by atoms with Crippen LogP contribution in [0.25, 0.3) is 0 Å². The molecule has 2 rings (SSSR count). The van der Waals surface area contributed by atoms with E-state index in [1.165, 1.54) is 0 Å². The molecule has 0 spiro atoms. The molecule has 1 N–H and O–H groups in total. The fraction of sp³-hybridized carbons (Fsp3) is 0.167. The molecular formula is C18H12I3NO11S. The monoisotopic (exact) mass is 831 g/mol. The van der Waals surface area contributed by atoms with Gasteiger partial charge in [0.15, 0.2) is 6.61 Å². The van der Waals surface area contributed by atoms with E-state index in [0.717, 1.165) is 25.3 Å². The van der Waals surface area contributed by atoms with Crippen molar-refractivity contribution < 1.29 is 46.5 Å². The van der Waals surface area contributed by atoms with E-state index in [4.69, 9.17) is 14.0 Å². The number of nitro groups is 1. The number of benzene rings is 2. The van der Waals surface area contributed by atoms with Gasteiger partial charge in [-0.25, -0.2) is 14.4 Å². The summed E-state index contributed by atoms with van der Waals surface area (Å²) in [6.07, 6.45) is 0. The van der Waals surface area contributed by atoms with Gasteiger partial charge in [0.2, 0.25) is 5.75 Å². The number of halogens is 3. The average Bonchev–Trinajstić information content (AvgIpc) is 2.73. The lowest BCUT2D eigenvalue weighted by molar-refractivity contribution is -0.385. The van der Waals surface area contributed by atoms with Crippen molar-refractivity contribution in [2.45, 2.75) is 0 Å². The van der Waals surface area contributed by atoms with E-state index in [1.54, 1.807) is 6.07 Å². The Balaban J connectivity index is 2.16. The van der Waals surface area contributed by atoms with Crippen LogP contribution >= 0.6 is 67.8 Å². The summed E-state index contributed by atoms with van der Waals surface area (Å²) in [5.41, 5.74) is -0.664. The third kappa shape index (κ3) is 8.53. The topological polar surface area (TPSA) is 176 Å². The van der Waals surface area contributed by atoms with E-state index in [0.29, 0.717) is 3.57 Å². The predicted octanol–water partition coefficient (Wildman–Crippen LogP) is 3.22. The Hall–Kier alpha value is -1.65. The zero-order valence-corrected chi connectivity index (χ0v) is 23.8. The van der Waals surface area contributed by atoms with E-state index in [-0.39, 0.29) is 11.1 Å². The lowest BCUT2D eigenvalue weighted by Gasteiger charge is -2.10. The van der Waals surface area contributed by atoms with Crippen LogP contribution in [0.5, 0.6) is 5.75 Å². The molecule has 0 amide bonds. The Bertz CT molecular complexity index is 1260. The van der Waals surface area contributed by atoms with Crippen molar-refractivity contribution in [3.05, 3.63) is 62.3 Å². The molecule has 0 saturated heterocycles. The van der Waals surface area contributed by atoms with E-state index in [2.05, 4.69) is 4.74 Å². The second-order valence-electron chi connectivity index (χ2n) is 6.16. The second kappa shape index (κ2) is 12.4. The van der Waals surface area contributed by atoms with Gasteiger partial charge in [0.05, 0.1) is 16.1 Å². The second-order valence-corrected chi connectivity index (χ2v) is 11.2. The first-order chi connectivity index (χ1) is 15.8. The van der Waals surface area contributed by atoms with Gasteiger partial charge in [-0.1, -0.05) is 0 Å². The molecule has 34 heavy (non-hydrogen) atoms. The van der Waals surface area contributed by atoms with Crippen LogP contribution in [0, 0.1) is 20.8 Å². The van der Waals surface area contributed by atoms with Gasteiger partial charge in [0.25, 0.3) is 10.1 Å². The zero-order valence-electron chi connectivity index (χ0n) is 16.5. The van der Waals surface area contributed by atoms with Gasteiger partial charge < -0.3 is 14.2 Å². The Morgan fingerprint density at radius 3 is 2.32 bits per heavy atom. The lowest BCUT2D eigenvalue weighted by Crippen LogP contribution is -2.20. The highest BCUT2D eigenvalue weighted by atomic mass is 127. The Labute approximate surface area is 233 Å². The maximum absolute atomic E-state index is 12.7. The summed E-state index contributed by atoms with van der Waals surface area (Å²) >= 11 is 5.97. The molecule has 0 atom stereocenters. The first-order valence-electron chi connectivity index (χ1n) is 8.71. The lowest BCUT2D eigenvalue weighted by atomic mass is 10.2. The van der Waals surface area contributed by atoms with Gasteiger partial charge in [-0.2, -0.15) is 8.42 Å². The van der Waals surface area contributed by atoms with E-state index >= 15 is 0 Å². The van der Waals surface area contributed by atoms with Crippen molar-refractivity contribution >= 4 is 101 Å². The van der Waals surface area contributed by atoms with Crippen LogP contribution in [-0.4, -0.2) is 54.8 Å². The van der Waals surface area contributed by atoms with Gasteiger partial charge in [0, 0.05) is 22.8 Å². The van der Waals surface area contributed by atoms with Crippen molar-refractivity contribution in [1.29, 1.82) is 0 Å². The largest absolute Gasteiger partial charge is 0.462 e. The van der Waals surface area contributed by atoms with Gasteiger partial charge in [-0.05, 0) is 86.0 Å². The highest BCUT2D eigenvalue weighted by Gasteiger charge is 2.24. The van der Waals surface area contributed by atoms with E-state index in [9.17, 15) is 32.9 Å². The minimum Gasteiger partial charge on any atom is -0.462 e. The van der Waals surface area contributed by atoms with Crippen LogP contribution in [0.4, 0.5) is 5.69 Å². The van der Waals surface area contributed by atoms with Crippen molar-refractivity contribution in [3.63, 3.8) is 0 Å². The summed E-state index contributed by atoms with van der Waals surface area (Å²) in [5, 5.41) is 11.4. The summed E-state index contributed by atoms with van der Waals surface area (Å²) in [4.78, 5) is 47.0. The van der Waals surface area contributed by atoms with Crippen molar-refractivity contribution in [3.8, 4) is 5.75 Å². The number of hydrogen-bond acceptors (Lipinski definition) is 10. The molecule has 2 aromatic carbocycles. The van der Waals surface area contributed by atoms with E-state index < -0.39 is 63.4 Å². The SMILES string of the molecule is O=C(COC(=O)c1ccc([N+](=O)[O-])c(OC(=O)c2cc(I)cc(I)c2I)c1)OCCS(=O)(=O)O. The van der Waals surface area contributed by atoms with Gasteiger partial charge >= 0.3 is 23.6 Å². The highest BCUT2D eigenvalue weighted by Crippen LogP contribution is 2.30. The highest BCUT2D eigenvalue weighted by molar-refractivity contribution is 14.1. The van der Waals surface area contributed by atoms with Crippen LogP contribution in [-0.2, 0) is 24.4 Å². The smallest absolute Gasteiger partial charge is 0.344 e. The molecule has 16 heteroatoms. The summed E-state index contributed by atoms with van der Waals surface area (Å²) in [7, 11) is -4.33. The minimum atomic E-state index is -4.33. The van der Waals surface area contributed by atoms with Gasteiger partial charge in [0.1, 0.15) is 12.4 Å². The number of rotatable bonds is 9. The Morgan fingerprint density at radius 2 is 1.71 bits per heavy atom. The first-order valence-corrected chi connectivity index (χ1v) is 13.6. The minimum absolute atomic E-state index is 0.173. The number of carbonyl (C=O) groups excluding carboxylic acids is 3. The number of esters is 3. The normalized spacial score (nSPS) is 10.9. The maximum atomic E-state index is 12.7. The molecule has 0 unspecified atom stereocenters. The summed E-state index contributed by atoms with van der Waals surface area (Å²) in [5.74, 6) is -4.39. The number of hydrogen-bond donors (Lipinski definition) is 1. The molecule has 0 heterocycles. The molecule has 0 aromatic heterocycles. The van der Waals surface area contributed by atoms with Crippen LogP contribution in [0.15, 0.2) is 30.3 Å². The molecule has 182 valence electrons. The number of nitrogens with zero attached hydrogens (tertiary/aromatic N) is 1. The first kappa shape index (κ1) is 28.6. The third-order valence-corrected chi connectivity index (χ3v) is 8.08. The number of carbonyl (C=O) groups is 3. The quantitative estimate of drug-likeness (QED) is 0.0748. The average molecular weight is 831 g/mol. The van der Waals surface area contributed by atoms with E-state index in [1.807, 2.05) is 73.8 Å². The van der Waals surface area contributed by atoms with Gasteiger partial charge in [-0.3, -0.25) is 14.7 Å². The standard InChI is InChI=1S/C18H12I3NO11S/c19-10-6-11(16(21)12(20)7-10)18(25)33-14-5-9(1-2-13(14)22(26)27)17(24)32-8-15(23)31-3-4-34(28,29)30/h1-2,5-7H,3-4,8H2,(H,28,29,30). The molecule has 0 radical (unpaired) electrons. The summed E-state index contributed by atoms with van der Waals surface area (Å²) in [6.45, 7) is -1.54. The third-order valence-electron chi connectivity index (χ3n) is 3.73. The maximum Gasteiger partial charge on any atom is 0.344 e. The predicted molar refractivity (Wildman–Crippen MR) is 140 cm³/mol. The Kier molecular flexibility index (Phi) is 10.4. The van der Waals surface area contributed by atoms with Crippen LogP contribution in [0.2, 0.25) is 0 Å². The molecule has 12 nitrogen and oxygen atoms in total. The molecule has 0 aliphatic rings. The fourth-order valence-corrected chi connectivity index (χ4v) is 4.91. The molecular weight excluding hydrogens is 819 g/mol. The fourth-order valence-electron chi connectivity index (χ4n) is 2.24. The molecule has 2 aromatic rings. The van der Waals surface area contributed by atoms with Crippen LogP contribution in [0.1, 0.15) is 20.7 Å². The molecule has 0 fully saturated rings. The molecule has 0 aliphatic heterocycles. The number of ether oxygens (including phenoxy) is 3. The van der Waals surface area contributed by atoms with Gasteiger partial charge in [-0.15, -0.1) is 0 Å².